The number of hydrogen-bond acceptors (Lipinski definition) is 3. The first kappa shape index (κ1) is 13.6. The molecule has 0 amide bonds. The van der Waals surface area contributed by atoms with Gasteiger partial charge in [0, 0.05) is 6.07 Å². The van der Waals surface area contributed by atoms with Crippen LogP contribution in [-0.2, 0) is 0 Å². The van der Waals surface area contributed by atoms with Crippen LogP contribution in [0.2, 0.25) is 0 Å². The van der Waals surface area contributed by atoms with E-state index < -0.39 is 17.9 Å². The summed E-state index contributed by atoms with van der Waals surface area (Å²) in [5, 5.41) is 8.76. The fourth-order valence-corrected chi connectivity index (χ4v) is 1.84. The van der Waals surface area contributed by atoms with Crippen molar-refractivity contribution in [3.8, 4) is 5.75 Å². The van der Waals surface area contributed by atoms with Crippen LogP contribution in [0.5, 0.6) is 5.75 Å². The molecule has 0 aliphatic heterocycles. The number of halogens is 2. The second-order valence-corrected chi connectivity index (χ2v) is 4.70. The highest BCUT2D eigenvalue weighted by molar-refractivity contribution is 9.10. The lowest BCUT2D eigenvalue weighted by molar-refractivity contribution is 0.0655. The van der Waals surface area contributed by atoms with Crippen LogP contribution in [0.15, 0.2) is 39.2 Å². The monoisotopic (exact) mass is 328 g/mol. The Morgan fingerprint density at radius 1 is 1.42 bits per heavy atom. The molecule has 0 aliphatic carbocycles. The van der Waals surface area contributed by atoms with E-state index in [2.05, 4.69) is 15.9 Å². The molecule has 1 heterocycles. The van der Waals surface area contributed by atoms with E-state index in [-0.39, 0.29) is 5.76 Å². The van der Waals surface area contributed by atoms with Crippen molar-refractivity contribution in [1.29, 1.82) is 0 Å². The number of carboxylic acids is 1. The predicted molar refractivity (Wildman–Crippen MR) is 68.8 cm³/mol. The first-order chi connectivity index (χ1) is 8.97. The molecular weight excluding hydrogens is 319 g/mol. The van der Waals surface area contributed by atoms with Gasteiger partial charge < -0.3 is 14.3 Å². The molecule has 1 N–H and O–H groups in total. The molecule has 1 aromatic heterocycles. The SMILES string of the molecule is CC(Oc1cc(F)ccc1Br)c1ccc(C(=O)O)o1. The van der Waals surface area contributed by atoms with Crippen LogP contribution in [0.1, 0.15) is 29.3 Å². The Morgan fingerprint density at radius 3 is 2.79 bits per heavy atom. The lowest BCUT2D eigenvalue weighted by Gasteiger charge is -2.13. The number of ether oxygens (including phenoxy) is 1. The first-order valence-corrected chi connectivity index (χ1v) is 6.21. The van der Waals surface area contributed by atoms with Crippen molar-refractivity contribution >= 4 is 21.9 Å². The van der Waals surface area contributed by atoms with Gasteiger partial charge in [0.15, 0.2) is 6.10 Å². The summed E-state index contributed by atoms with van der Waals surface area (Å²) in [4.78, 5) is 10.7. The molecule has 6 heteroatoms. The van der Waals surface area contributed by atoms with Crippen LogP contribution >= 0.6 is 15.9 Å². The summed E-state index contributed by atoms with van der Waals surface area (Å²) >= 11 is 3.24. The van der Waals surface area contributed by atoms with Gasteiger partial charge in [0.2, 0.25) is 5.76 Å². The molecule has 0 spiro atoms. The van der Waals surface area contributed by atoms with E-state index >= 15 is 0 Å². The average Bonchev–Trinajstić information content (AvgIpc) is 2.83. The molecule has 0 saturated heterocycles. The van der Waals surface area contributed by atoms with Crippen molar-refractivity contribution in [3.63, 3.8) is 0 Å². The summed E-state index contributed by atoms with van der Waals surface area (Å²) < 4.78 is 24.4. The number of carboxylic acid groups (broad SMARTS) is 1. The Kier molecular flexibility index (Phi) is 3.90. The molecule has 1 unspecified atom stereocenters. The van der Waals surface area contributed by atoms with Crippen molar-refractivity contribution in [2.45, 2.75) is 13.0 Å². The molecule has 0 saturated carbocycles. The van der Waals surface area contributed by atoms with E-state index in [0.717, 1.165) is 0 Å². The van der Waals surface area contributed by atoms with Crippen molar-refractivity contribution in [3.05, 3.63) is 52.1 Å². The number of carbonyl (C=O) groups is 1. The van der Waals surface area contributed by atoms with Gasteiger partial charge in [-0.1, -0.05) is 0 Å². The Morgan fingerprint density at radius 2 is 2.16 bits per heavy atom. The zero-order valence-corrected chi connectivity index (χ0v) is 11.5. The highest BCUT2D eigenvalue weighted by Crippen LogP contribution is 2.30. The van der Waals surface area contributed by atoms with Crippen LogP contribution in [0.4, 0.5) is 4.39 Å². The largest absolute Gasteiger partial charge is 0.481 e. The molecule has 4 nitrogen and oxygen atoms in total. The normalized spacial score (nSPS) is 12.2. The number of aromatic carboxylic acids is 1. The fourth-order valence-electron chi connectivity index (χ4n) is 1.50. The van der Waals surface area contributed by atoms with E-state index in [1.165, 1.54) is 30.3 Å². The van der Waals surface area contributed by atoms with Gasteiger partial charge in [-0.25, -0.2) is 9.18 Å². The molecule has 1 aromatic carbocycles. The van der Waals surface area contributed by atoms with Gasteiger partial charge in [0.1, 0.15) is 17.3 Å². The third-order valence-corrected chi connectivity index (χ3v) is 3.09. The van der Waals surface area contributed by atoms with Gasteiger partial charge in [0.05, 0.1) is 4.47 Å². The average molecular weight is 329 g/mol. The Hall–Kier alpha value is -1.82. The standard InChI is InChI=1S/C13H10BrFO4/c1-7(10-4-5-11(19-10)13(16)17)18-12-6-8(15)2-3-9(12)14/h2-7H,1H3,(H,16,17). The van der Waals surface area contributed by atoms with Crippen LogP contribution in [0, 0.1) is 5.82 Å². The minimum atomic E-state index is -1.15. The van der Waals surface area contributed by atoms with Gasteiger partial charge in [-0.3, -0.25) is 0 Å². The summed E-state index contributed by atoms with van der Waals surface area (Å²) in [7, 11) is 0. The third kappa shape index (κ3) is 3.14. The second-order valence-electron chi connectivity index (χ2n) is 3.84. The van der Waals surface area contributed by atoms with Crippen molar-refractivity contribution < 1.29 is 23.4 Å². The molecule has 100 valence electrons. The quantitative estimate of drug-likeness (QED) is 0.920. The molecule has 0 fully saturated rings. The van der Waals surface area contributed by atoms with Crippen LogP contribution in [-0.4, -0.2) is 11.1 Å². The molecular formula is C13H10BrFO4. The molecule has 19 heavy (non-hydrogen) atoms. The molecule has 0 aliphatic rings. The zero-order chi connectivity index (χ0) is 14.0. The van der Waals surface area contributed by atoms with Gasteiger partial charge >= 0.3 is 5.97 Å². The maximum absolute atomic E-state index is 13.1. The van der Waals surface area contributed by atoms with Crippen LogP contribution in [0.3, 0.4) is 0 Å². The van der Waals surface area contributed by atoms with E-state index in [1.807, 2.05) is 0 Å². The van der Waals surface area contributed by atoms with Gasteiger partial charge in [0.25, 0.3) is 0 Å². The zero-order valence-electron chi connectivity index (χ0n) is 9.89. The van der Waals surface area contributed by atoms with Gasteiger partial charge in [-0.15, -0.1) is 0 Å². The van der Waals surface area contributed by atoms with Crippen molar-refractivity contribution in [2.24, 2.45) is 0 Å². The van der Waals surface area contributed by atoms with Crippen molar-refractivity contribution in [1.82, 2.24) is 0 Å². The highest BCUT2D eigenvalue weighted by Gasteiger charge is 2.16. The molecule has 0 bridgehead atoms. The molecule has 1 atom stereocenters. The molecule has 0 radical (unpaired) electrons. The minimum absolute atomic E-state index is 0.163. The van der Waals surface area contributed by atoms with Gasteiger partial charge in [-0.2, -0.15) is 0 Å². The van der Waals surface area contributed by atoms with Crippen LogP contribution < -0.4 is 4.74 Å². The van der Waals surface area contributed by atoms with E-state index in [9.17, 15) is 9.18 Å². The summed E-state index contributed by atoms with van der Waals surface area (Å²) in [6.07, 6.45) is -0.536. The second kappa shape index (κ2) is 5.44. The minimum Gasteiger partial charge on any atom is -0.481 e. The first-order valence-electron chi connectivity index (χ1n) is 5.42. The van der Waals surface area contributed by atoms with Gasteiger partial charge in [-0.05, 0) is 47.1 Å². The van der Waals surface area contributed by atoms with E-state index in [0.29, 0.717) is 16.0 Å². The lowest BCUT2D eigenvalue weighted by atomic mass is 10.3. The Labute approximate surface area is 116 Å². The Bertz CT molecular complexity index is 608. The summed E-state index contributed by atoms with van der Waals surface area (Å²) in [6, 6.07) is 6.93. The van der Waals surface area contributed by atoms with Crippen molar-refractivity contribution in [2.75, 3.05) is 0 Å². The topological polar surface area (TPSA) is 59.7 Å². The maximum Gasteiger partial charge on any atom is 0.371 e. The third-order valence-electron chi connectivity index (χ3n) is 2.44. The molecule has 2 aromatic rings. The predicted octanol–water partition coefficient (Wildman–Crippen LogP) is 4.02. The lowest BCUT2D eigenvalue weighted by Crippen LogP contribution is -2.03. The summed E-state index contributed by atoms with van der Waals surface area (Å²) in [5.74, 6) is -1.06. The number of benzene rings is 1. The number of furan rings is 1. The van der Waals surface area contributed by atoms with E-state index in [1.54, 1.807) is 6.92 Å². The number of hydrogen-bond donors (Lipinski definition) is 1. The fraction of sp³-hybridized carbons (Fsp3) is 0.154. The Balaban J connectivity index is 2.17. The highest BCUT2D eigenvalue weighted by atomic mass is 79.9. The molecule has 2 rings (SSSR count). The maximum atomic E-state index is 13.1. The summed E-state index contributed by atoms with van der Waals surface area (Å²) in [5.41, 5.74) is 0. The summed E-state index contributed by atoms with van der Waals surface area (Å²) in [6.45, 7) is 1.68. The number of rotatable bonds is 4. The van der Waals surface area contributed by atoms with E-state index in [4.69, 9.17) is 14.3 Å². The smallest absolute Gasteiger partial charge is 0.371 e. The van der Waals surface area contributed by atoms with Crippen LogP contribution in [0.25, 0.3) is 0 Å².